The molecule has 0 aliphatic carbocycles. The van der Waals surface area contributed by atoms with E-state index in [1.165, 1.54) is 19.6 Å². The minimum Gasteiger partial charge on any atom is -0.472 e. The average molecular weight is 140 g/mol. The molecule has 10 heavy (non-hydrogen) atoms. The highest BCUT2D eigenvalue weighted by molar-refractivity contribution is 5.88. The summed E-state index contributed by atoms with van der Waals surface area (Å²) in [5.41, 5.74) is 0.546. The summed E-state index contributed by atoms with van der Waals surface area (Å²) in [6, 6.07) is 0. The Morgan fingerprint density at radius 3 is 3.10 bits per heavy atom. The SMILES string of the molecule is COC(=O)C1=COC=CC1. The van der Waals surface area contributed by atoms with E-state index in [2.05, 4.69) is 4.74 Å². The fraction of sp³-hybridized carbons (Fsp3) is 0.286. The van der Waals surface area contributed by atoms with Crippen LogP contribution in [0.2, 0.25) is 0 Å². The molecular formula is C7H8O3. The lowest BCUT2D eigenvalue weighted by molar-refractivity contribution is -0.136. The van der Waals surface area contributed by atoms with Gasteiger partial charge in [0.15, 0.2) is 0 Å². The van der Waals surface area contributed by atoms with E-state index in [9.17, 15) is 4.79 Å². The molecule has 0 N–H and O–H groups in total. The predicted molar refractivity (Wildman–Crippen MR) is 34.9 cm³/mol. The van der Waals surface area contributed by atoms with Crippen molar-refractivity contribution in [3.8, 4) is 0 Å². The van der Waals surface area contributed by atoms with Crippen molar-refractivity contribution < 1.29 is 14.3 Å². The van der Waals surface area contributed by atoms with Gasteiger partial charge in [-0.25, -0.2) is 4.79 Å². The largest absolute Gasteiger partial charge is 0.472 e. The number of allylic oxidation sites excluding steroid dienone is 1. The zero-order valence-electron chi connectivity index (χ0n) is 5.66. The van der Waals surface area contributed by atoms with E-state index in [1.54, 1.807) is 6.08 Å². The molecule has 0 unspecified atom stereocenters. The molecule has 0 radical (unpaired) electrons. The maximum Gasteiger partial charge on any atom is 0.337 e. The van der Waals surface area contributed by atoms with Crippen molar-refractivity contribution in [1.82, 2.24) is 0 Å². The summed E-state index contributed by atoms with van der Waals surface area (Å²) in [6.45, 7) is 0. The third-order valence-corrected chi connectivity index (χ3v) is 1.17. The molecule has 0 aromatic carbocycles. The second-order valence-electron chi connectivity index (χ2n) is 1.85. The van der Waals surface area contributed by atoms with Crippen LogP contribution in [-0.2, 0) is 14.3 Å². The molecule has 1 heterocycles. The predicted octanol–water partition coefficient (Wildman–Crippen LogP) is 0.977. The van der Waals surface area contributed by atoms with E-state index in [1.807, 2.05) is 0 Å². The molecule has 0 aromatic rings. The molecule has 0 atom stereocenters. The van der Waals surface area contributed by atoms with Crippen molar-refractivity contribution in [2.45, 2.75) is 6.42 Å². The molecule has 0 amide bonds. The van der Waals surface area contributed by atoms with Gasteiger partial charge in [-0.1, -0.05) is 0 Å². The van der Waals surface area contributed by atoms with Gasteiger partial charge in [0, 0.05) is 6.42 Å². The standard InChI is InChI=1S/C7H8O3/c1-9-7(8)6-3-2-4-10-5-6/h2,4-5H,3H2,1H3. The van der Waals surface area contributed by atoms with Crippen molar-refractivity contribution in [2.24, 2.45) is 0 Å². The third kappa shape index (κ3) is 1.37. The lowest BCUT2D eigenvalue weighted by Gasteiger charge is -2.04. The summed E-state index contributed by atoms with van der Waals surface area (Å²) in [4.78, 5) is 10.8. The van der Waals surface area contributed by atoms with Gasteiger partial charge >= 0.3 is 5.97 Å². The number of hydrogen-bond donors (Lipinski definition) is 0. The molecule has 1 aliphatic heterocycles. The molecule has 3 heteroatoms. The van der Waals surface area contributed by atoms with Gasteiger partial charge in [0.05, 0.1) is 18.9 Å². The molecule has 0 fully saturated rings. The number of carbonyl (C=O) groups is 1. The normalized spacial score (nSPS) is 15.5. The number of ether oxygens (including phenoxy) is 2. The second kappa shape index (κ2) is 3.06. The van der Waals surface area contributed by atoms with Crippen LogP contribution in [0.5, 0.6) is 0 Å². The van der Waals surface area contributed by atoms with Crippen molar-refractivity contribution in [3.63, 3.8) is 0 Å². The average Bonchev–Trinajstić information content (AvgIpc) is 2.05. The molecule has 3 nitrogen and oxygen atoms in total. The van der Waals surface area contributed by atoms with Gasteiger partial charge in [-0.3, -0.25) is 0 Å². The number of methoxy groups -OCH3 is 1. The summed E-state index contributed by atoms with van der Waals surface area (Å²) < 4.78 is 9.23. The highest BCUT2D eigenvalue weighted by atomic mass is 16.5. The van der Waals surface area contributed by atoms with Crippen LogP contribution in [0, 0.1) is 0 Å². The van der Waals surface area contributed by atoms with Gasteiger partial charge in [0.25, 0.3) is 0 Å². The Morgan fingerprint density at radius 2 is 2.60 bits per heavy atom. The van der Waals surface area contributed by atoms with Gasteiger partial charge in [0.1, 0.15) is 6.26 Å². The van der Waals surface area contributed by atoms with Crippen LogP contribution in [0.1, 0.15) is 6.42 Å². The highest BCUT2D eigenvalue weighted by Gasteiger charge is 2.09. The van der Waals surface area contributed by atoms with Crippen LogP contribution < -0.4 is 0 Å². The van der Waals surface area contributed by atoms with Gasteiger partial charge in [-0.05, 0) is 6.08 Å². The fourth-order valence-corrected chi connectivity index (χ4v) is 0.663. The van der Waals surface area contributed by atoms with Crippen LogP contribution in [-0.4, -0.2) is 13.1 Å². The lowest BCUT2D eigenvalue weighted by Crippen LogP contribution is -2.05. The topological polar surface area (TPSA) is 35.5 Å². The van der Waals surface area contributed by atoms with Gasteiger partial charge in [-0.2, -0.15) is 0 Å². The lowest BCUT2D eigenvalue weighted by atomic mass is 10.2. The summed E-state index contributed by atoms with van der Waals surface area (Å²) in [5, 5.41) is 0. The summed E-state index contributed by atoms with van der Waals surface area (Å²) in [6.07, 6.45) is 5.28. The minimum absolute atomic E-state index is 0.329. The quantitative estimate of drug-likeness (QED) is 0.509. The van der Waals surface area contributed by atoms with Crippen LogP contribution in [0.3, 0.4) is 0 Å². The summed E-state index contributed by atoms with van der Waals surface area (Å²) >= 11 is 0. The molecular weight excluding hydrogens is 132 g/mol. The summed E-state index contributed by atoms with van der Waals surface area (Å²) in [7, 11) is 1.35. The molecule has 0 saturated heterocycles. The van der Waals surface area contributed by atoms with Crippen LogP contribution in [0.25, 0.3) is 0 Å². The zero-order valence-corrected chi connectivity index (χ0v) is 5.66. The van der Waals surface area contributed by atoms with Crippen LogP contribution >= 0.6 is 0 Å². The molecule has 0 spiro atoms. The van der Waals surface area contributed by atoms with E-state index in [-0.39, 0.29) is 5.97 Å². The molecule has 0 aromatic heterocycles. The van der Waals surface area contributed by atoms with Crippen LogP contribution in [0.4, 0.5) is 0 Å². The highest BCUT2D eigenvalue weighted by Crippen LogP contribution is 2.09. The number of esters is 1. The van der Waals surface area contributed by atoms with E-state index < -0.39 is 0 Å². The number of rotatable bonds is 1. The fourth-order valence-electron chi connectivity index (χ4n) is 0.663. The maximum absolute atomic E-state index is 10.8. The second-order valence-corrected chi connectivity index (χ2v) is 1.85. The van der Waals surface area contributed by atoms with Gasteiger partial charge in [0.2, 0.25) is 0 Å². The summed E-state index contributed by atoms with van der Waals surface area (Å²) in [5.74, 6) is -0.329. The number of hydrogen-bond acceptors (Lipinski definition) is 3. The molecule has 1 aliphatic rings. The zero-order chi connectivity index (χ0) is 7.40. The minimum atomic E-state index is -0.329. The third-order valence-electron chi connectivity index (χ3n) is 1.17. The van der Waals surface area contributed by atoms with Crippen molar-refractivity contribution >= 4 is 5.97 Å². The molecule has 54 valence electrons. The Bertz CT molecular complexity index is 191. The van der Waals surface area contributed by atoms with Gasteiger partial charge in [-0.15, -0.1) is 0 Å². The molecule has 1 rings (SSSR count). The molecule has 0 bridgehead atoms. The Kier molecular flexibility index (Phi) is 2.10. The number of carbonyl (C=O) groups excluding carboxylic acids is 1. The Balaban J connectivity index is 2.56. The van der Waals surface area contributed by atoms with Crippen LogP contribution in [0.15, 0.2) is 24.2 Å². The first-order valence-corrected chi connectivity index (χ1v) is 2.92. The van der Waals surface area contributed by atoms with Crippen molar-refractivity contribution in [1.29, 1.82) is 0 Å². The van der Waals surface area contributed by atoms with Crippen molar-refractivity contribution in [2.75, 3.05) is 7.11 Å². The Hall–Kier alpha value is -1.25. The van der Waals surface area contributed by atoms with E-state index in [4.69, 9.17) is 4.74 Å². The van der Waals surface area contributed by atoms with E-state index in [0.717, 1.165) is 0 Å². The van der Waals surface area contributed by atoms with E-state index >= 15 is 0 Å². The maximum atomic E-state index is 10.8. The van der Waals surface area contributed by atoms with E-state index in [0.29, 0.717) is 12.0 Å². The Labute approximate surface area is 58.9 Å². The van der Waals surface area contributed by atoms with Gasteiger partial charge < -0.3 is 9.47 Å². The monoisotopic (exact) mass is 140 g/mol. The van der Waals surface area contributed by atoms with Crippen molar-refractivity contribution in [3.05, 3.63) is 24.2 Å². The Morgan fingerprint density at radius 1 is 1.80 bits per heavy atom. The first-order valence-electron chi connectivity index (χ1n) is 2.92. The first-order chi connectivity index (χ1) is 4.84. The molecule has 0 saturated carbocycles. The smallest absolute Gasteiger partial charge is 0.337 e. The first kappa shape index (κ1) is 6.86.